The predicted molar refractivity (Wildman–Crippen MR) is 139 cm³/mol. The summed E-state index contributed by atoms with van der Waals surface area (Å²) >= 11 is 0. The van der Waals surface area contributed by atoms with E-state index in [4.69, 9.17) is 9.47 Å². The fourth-order valence-electron chi connectivity index (χ4n) is 8.49. The lowest BCUT2D eigenvalue weighted by molar-refractivity contribution is -0.312. The summed E-state index contributed by atoms with van der Waals surface area (Å²) in [6, 6.07) is 5.54. The first kappa shape index (κ1) is 27.8. The number of phenols is 1. The van der Waals surface area contributed by atoms with E-state index in [9.17, 15) is 34.8 Å². The molecule has 0 bridgehead atoms. The maximum Gasteiger partial charge on any atom is 0.338 e. The van der Waals surface area contributed by atoms with Gasteiger partial charge in [-0.25, -0.2) is 4.79 Å². The molecular formula is C30H38O9. The average molecular weight is 543 g/mol. The van der Waals surface area contributed by atoms with Gasteiger partial charge in [-0.2, -0.15) is 0 Å². The molecule has 5 rings (SSSR count). The molecule has 0 aliphatic heterocycles. The Morgan fingerprint density at radius 2 is 1.62 bits per heavy atom. The van der Waals surface area contributed by atoms with Crippen molar-refractivity contribution in [1.29, 1.82) is 0 Å². The molecule has 0 aromatic heterocycles. The summed E-state index contributed by atoms with van der Waals surface area (Å²) in [4.78, 5) is 37.8. The van der Waals surface area contributed by atoms with Crippen molar-refractivity contribution in [2.75, 3.05) is 0 Å². The Bertz CT molecular complexity index is 1240. The summed E-state index contributed by atoms with van der Waals surface area (Å²) in [6.07, 6.45) is 2.27. The number of Topliss-reactive ketones (excluding diaryl/α,β-unsaturated/α-hetero) is 1. The minimum absolute atomic E-state index is 0.0174. The van der Waals surface area contributed by atoms with Gasteiger partial charge in [-0.3, -0.25) is 9.59 Å². The van der Waals surface area contributed by atoms with Gasteiger partial charge in [0.05, 0.1) is 11.0 Å². The fraction of sp³-hybridized carbons (Fsp3) is 0.633. The molecule has 8 atom stereocenters. The second kappa shape index (κ2) is 8.88. The second-order valence-electron chi connectivity index (χ2n) is 12.5. The number of aromatic hydroxyl groups is 1. The molecule has 39 heavy (non-hydrogen) atoms. The van der Waals surface area contributed by atoms with E-state index in [1.54, 1.807) is 6.92 Å². The summed E-state index contributed by atoms with van der Waals surface area (Å²) in [7, 11) is 0. The highest BCUT2D eigenvalue weighted by Crippen LogP contribution is 2.71. The van der Waals surface area contributed by atoms with Gasteiger partial charge in [0.15, 0.2) is 5.78 Å². The Morgan fingerprint density at radius 1 is 0.949 bits per heavy atom. The predicted octanol–water partition coefficient (Wildman–Crippen LogP) is 2.97. The lowest BCUT2D eigenvalue weighted by Gasteiger charge is -2.67. The zero-order valence-corrected chi connectivity index (χ0v) is 22.9. The van der Waals surface area contributed by atoms with Crippen LogP contribution in [0.2, 0.25) is 0 Å². The maximum absolute atomic E-state index is 13.3. The molecule has 3 fully saturated rings. The number of hydrogen-bond acceptors (Lipinski definition) is 9. The normalized spacial score (nSPS) is 42.8. The van der Waals surface area contributed by atoms with Crippen LogP contribution in [0.4, 0.5) is 0 Å². The van der Waals surface area contributed by atoms with Crippen molar-refractivity contribution in [3.8, 4) is 5.75 Å². The highest BCUT2D eigenvalue weighted by Gasteiger charge is 2.81. The number of ketones is 1. The summed E-state index contributed by atoms with van der Waals surface area (Å²) in [5.74, 6) is -2.21. The van der Waals surface area contributed by atoms with Crippen molar-refractivity contribution in [3.63, 3.8) is 0 Å². The Kier molecular flexibility index (Phi) is 6.33. The summed E-state index contributed by atoms with van der Waals surface area (Å²) < 4.78 is 11.5. The van der Waals surface area contributed by atoms with Crippen LogP contribution >= 0.6 is 0 Å². The lowest BCUT2D eigenvalue weighted by atomic mass is 9.42. The highest BCUT2D eigenvalue weighted by atomic mass is 16.6. The molecule has 0 radical (unpaired) electrons. The van der Waals surface area contributed by atoms with Crippen molar-refractivity contribution in [3.05, 3.63) is 41.5 Å². The number of hydrogen-bond donors (Lipinski definition) is 4. The van der Waals surface area contributed by atoms with E-state index in [2.05, 4.69) is 0 Å². The van der Waals surface area contributed by atoms with Crippen LogP contribution < -0.4 is 0 Å². The van der Waals surface area contributed by atoms with E-state index in [1.165, 1.54) is 38.1 Å². The zero-order valence-electron chi connectivity index (χ0n) is 22.9. The van der Waals surface area contributed by atoms with Gasteiger partial charge in [-0.05, 0) is 82.1 Å². The van der Waals surface area contributed by atoms with E-state index in [0.717, 1.165) is 5.57 Å². The summed E-state index contributed by atoms with van der Waals surface area (Å²) in [5, 5.41) is 46.4. The zero-order chi connectivity index (χ0) is 28.6. The van der Waals surface area contributed by atoms with Crippen molar-refractivity contribution in [2.45, 2.75) is 102 Å². The van der Waals surface area contributed by atoms with Crippen LogP contribution in [0.5, 0.6) is 5.75 Å². The molecule has 0 spiro atoms. The number of phenolic OH excluding ortho intramolecular Hbond substituents is 1. The number of rotatable bonds is 4. The van der Waals surface area contributed by atoms with Crippen LogP contribution in [0.1, 0.15) is 83.0 Å². The molecule has 0 heterocycles. The fourth-order valence-corrected chi connectivity index (χ4v) is 8.49. The molecule has 0 amide bonds. The minimum atomic E-state index is -2.03. The second-order valence-corrected chi connectivity index (χ2v) is 12.5. The van der Waals surface area contributed by atoms with Crippen LogP contribution in [0.15, 0.2) is 35.9 Å². The van der Waals surface area contributed by atoms with E-state index in [0.29, 0.717) is 19.3 Å². The monoisotopic (exact) mass is 542 g/mol. The third kappa shape index (κ3) is 3.66. The van der Waals surface area contributed by atoms with Gasteiger partial charge in [0.1, 0.15) is 34.8 Å². The lowest BCUT2D eigenvalue weighted by Crippen LogP contribution is -2.78. The quantitative estimate of drug-likeness (QED) is 0.332. The Labute approximate surface area is 227 Å². The van der Waals surface area contributed by atoms with Gasteiger partial charge in [0.25, 0.3) is 0 Å². The van der Waals surface area contributed by atoms with E-state index in [1.807, 2.05) is 13.0 Å². The van der Waals surface area contributed by atoms with Crippen LogP contribution in [-0.2, 0) is 19.1 Å². The van der Waals surface area contributed by atoms with Crippen LogP contribution in [0, 0.1) is 16.7 Å². The van der Waals surface area contributed by atoms with Crippen molar-refractivity contribution in [1.82, 2.24) is 0 Å². The average Bonchev–Trinajstić information content (AvgIpc) is 3.10. The molecule has 4 aliphatic rings. The summed E-state index contributed by atoms with van der Waals surface area (Å²) in [6.45, 7) is 6.20. The van der Waals surface area contributed by atoms with Gasteiger partial charge in [0.2, 0.25) is 0 Å². The molecule has 3 saturated carbocycles. The molecule has 212 valence electrons. The summed E-state index contributed by atoms with van der Waals surface area (Å²) in [5.41, 5.74) is -6.77. The number of carbonyl (C=O) groups is 3. The Balaban J connectivity index is 1.59. The standard InChI is InChI=1S/C30H38O9/c1-17(31)28(35)13-14-30(37)27(28,4)24(39-25(34)19-5-7-21(33)8-6-19)16-23-26(3)11-10-22(38-18(2)32)15-20(26)9-12-29(23,30)36/h5-9,22-24,33,35-37H,10-16H2,1-4H3/t22-,23+,24+,26-,27+,28+,29-,30+/m0/s1. The van der Waals surface area contributed by atoms with Crippen molar-refractivity contribution >= 4 is 17.7 Å². The maximum atomic E-state index is 13.3. The van der Waals surface area contributed by atoms with Gasteiger partial charge in [-0.15, -0.1) is 0 Å². The number of carbonyl (C=O) groups excluding carboxylic acids is 3. The van der Waals surface area contributed by atoms with Gasteiger partial charge >= 0.3 is 11.9 Å². The molecular weight excluding hydrogens is 504 g/mol. The largest absolute Gasteiger partial charge is 0.508 e. The first-order chi connectivity index (χ1) is 18.1. The topological polar surface area (TPSA) is 151 Å². The third-order valence-electron chi connectivity index (χ3n) is 10.8. The molecule has 0 unspecified atom stereocenters. The first-order valence-corrected chi connectivity index (χ1v) is 13.7. The van der Waals surface area contributed by atoms with E-state index in [-0.39, 0.29) is 49.1 Å². The molecule has 4 aliphatic carbocycles. The number of aliphatic hydroxyl groups is 3. The Morgan fingerprint density at radius 3 is 2.23 bits per heavy atom. The van der Waals surface area contributed by atoms with E-state index >= 15 is 0 Å². The highest BCUT2D eigenvalue weighted by molar-refractivity contribution is 5.90. The molecule has 0 saturated heterocycles. The Hall–Kier alpha value is -2.75. The number of benzene rings is 1. The van der Waals surface area contributed by atoms with Gasteiger partial charge in [-0.1, -0.05) is 18.6 Å². The smallest absolute Gasteiger partial charge is 0.338 e. The van der Waals surface area contributed by atoms with Crippen molar-refractivity contribution in [2.24, 2.45) is 16.7 Å². The van der Waals surface area contributed by atoms with Gasteiger partial charge in [0, 0.05) is 19.3 Å². The van der Waals surface area contributed by atoms with E-state index < -0.39 is 51.4 Å². The minimum Gasteiger partial charge on any atom is -0.508 e. The number of fused-ring (bicyclic) bond motifs is 5. The number of esters is 2. The third-order valence-corrected chi connectivity index (χ3v) is 10.8. The first-order valence-electron chi connectivity index (χ1n) is 13.7. The van der Waals surface area contributed by atoms with Crippen LogP contribution in [0.25, 0.3) is 0 Å². The van der Waals surface area contributed by atoms with Gasteiger partial charge < -0.3 is 29.9 Å². The molecule has 9 heteroatoms. The SMILES string of the molecule is CC(=O)O[C@H]1CC[C@@]2(C)C(=CC[C@]3(O)[C@@H]2C[C@@H](OC(=O)c2ccc(O)cc2)[C@@]2(C)[C@]3(O)CC[C@@]2(O)C(C)=O)C1. The number of ether oxygens (including phenoxy) is 2. The van der Waals surface area contributed by atoms with Crippen LogP contribution in [0.3, 0.4) is 0 Å². The molecule has 1 aromatic rings. The molecule has 1 aromatic carbocycles. The van der Waals surface area contributed by atoms with Crippen LogP contribution in [-0.4, -0.2) is 67.2 Å². The molecule has 9 nitrogen and oxygen atoms in total. The van der Waals surface area contributed by atoms with Crippen molar-refractivity contribution < 1.29 is 44.3 Å². The molecule has 4 N–H and O–H groups in total.